The van der Waals surface area contributed by atoms with Gasteiger partial charge in [0, 0.05) is 24.2 Å². The van der Waals surface area contributed by atoms with E-state index in [-0.39, 0.29) is 17.5 Å². The average molecular weight is 238 g/mol. The van der Waals surface area contributed by atoms with Crippen molar-refractivity contribution >= 4 is 5.91 Å². The molecule has 1 aliphatic heterocycles. The summed E-state index contributed by atoms with van der Waals surface area (Å²) in [6.07, 6.45) is 3.67. The van der Waals surface area contributed by atoms with Crippen molar-refractivity contribution in [2.45, 2.75) is 58.2 Å². The second-order valence-electron chi connectivity index (χ2n) is 5.97. The number of likely N-dealkylation sites (N-methyl/N-ethyl adjacent to an activating group) is 1. The lowest BCUT2D eigenvalue weighted by molar-refractivity contribution is -0.131. The number of carbonyl (C=O) groups is 1. The zero-order valence-corrected chi connectivity index (χ0v) is 11.9. The van der Waals surface area contributed by atoms with Crippen molar-refractivity contribution < 1.29 is 4.79 Å². The minimum Gasteiger partial charge on any atom is -0.335 e. The Labute approximate surface area is 105 Å². The van der Waals surface area contributed by atoms with E-state index in [4.69, 9.17) is 0 Å². The maximum absolute atomic E-state index is 11.8. The highest BCUT2D eigenvalue weighted by Crippen LogP contribution is 2.26. The van der Waals surface area contributed by atoms with E-state index in [1.165, 1.54) is 6.08 Å². The van der Waals surface area contributed by atoms with Crippen molar-refractivity contribution in [2.24, 2.45) is 0 Å². The molecule has 17 heavy (non-hydrogen) atoms. The fourth-order valence-electron chi connectivity index (χ4n) is 2.57. The number of hydrogen-bond acceptors (Lipinski definition) is 2. The highest BCUT2D eigenvalue weighted by atomic mass is 16.2. The van der Waals surface area contributed by atoms with Crippen LogP contribution in [0, 0.1) is 0 Å². The van der Waals surface area contributed by atoms with Crippen molar-refractivity contribution in [3.63, 3.8) is 0 Å². The van der Waals surface area contributed by atoms with E-state index < -0.39 is 0 Å². The number of carbonyl (C=O) groups excluding carboxylic acids is 1. The molecule has 1 amide bonds. The molecule has 2 atom stereocenters. The van der Waals surface area contributed by atoms with Gasteiger partial charge in [0.25, 0.3) is 0 Å². The summed E-state index contributed by atoms with van der Waals surface area (Å²) in [5, 5.41) is 0. The van der Waals surface area contributed by atoms with Crippen LogP contribution in [0.3, 0.4) is 0 Å². The van der Waals surface area contributed by atoms with Crippen LogP contribution in [0.25, 0.3) is 0 Å². The summed E-state index contributed by atoms with van der Waals surface area (Å²) in [5.74, 6) is 0.0597. The van der Waals surface area contributed by atoms with Gasteiger partial charge in [0.05, 0.1) is 0 Å². The molecule has 3 heteroatoms. The van der Waals surface area contributed by atoms with Crippen LogP contribution in [0.1, 0.15) is 40.5 Å². The maximum Gasteiger partial charge on any atom is 0.246 e. The van der Waals surface area contributed by atoms with E-state index in [0.29, 0.717) is 6.04 Å². The van der Waals surface area contributed by atoms with Crippen molar-refractivity contribution in [1.82, 2.24) is 9.80 Å². The zero-order chi connectivity index (χ0) is 13.2. The Bertz CT molecular complexity index is 293. The number of piperidine rings is 1. The molecule has 1 fully saturated rings. The smallest absolute Gasteiger partial charge is 0.246 e. The molecule has 0 aliphatic carbocycles. The summed E-state index contributed by atoms with van der Waals surface area (Å²) >= 11 is 0. The van der Waals surface area contributed by atoms with Crippen molar-refractivity contribution in [2.75, 3.05) is 13.6 Å². The molecule has 0 bridgehead atoms. The van der Waals surface area contributed by atoms with E-state index >= 15 is 0 Å². The average Bonchev–Trinajstić information content (AvgIpc) is 2.26. The Balaban J connectivity index is 2.81. The Kier molecular flexibility index (Phi) is 4.36. The summed E-state index contributed by atoms with van der Waals surface area (Å²) in [6, 6.07) is 0.700. The molecule has 1 rings (SSSR count). The van der Waals surface area contributed by atoms with Crippen LogP contribution < -0.4 is 0 Å². The molecule has 1 aliphatic rings. The van der Waals surface area contributed by atoms with Crippen LogP contribution >= 0.6 is 0 Å². The lowest BCUT2D eigenvalue weighted by atomic mass is 9.92. The molecule has 1 heterocycles. The molecule has 98 valence electrons. The molecule has 0 aromatic heterocycles. The Hall–Kier alpha value is -0.830. The first kappa shape index (κ1) is 14.2. The summed E-state index contributed by atoms with van der Waals surface area (Å²) in [4.78, 5) is 16.1. The van der Waals surface area contributed by atoms with Gasteiger partial charge in [0.1, 0.15) is 0 Å². The maximum atomic E-state index is 11.8. The number of rotatable bonds is 2. The molecule has 1 saturated heterocycles. The van der Waals surface area contributed by atoms with Crippen molar-refractivity contribution in [1.29, 1.82) is 0 Å². The fourth-order valence-corrected chi connectivity index (χ4v) is 2.57. The van der Waals surface area contributed by atoms with Gasteiger partial charge < -0.3 is 4.90 Å². The molecule has 0 radical (unpaired) electrons. The second kappa shape index (κ2) is 5.21. The highest BCUT2D eigenvalue weighted by molar-refractivity contribution is 5.87. The van der Waals surface area contributed by atoms with E-state index in [9.17, 15) is 4.79 Å². The number of nitrogens with zero attached hydrogens (tertiary/aromatic N) is 2. The highest BCUT2D eigenvalue weighted by Gasteiger charge is 2.35. The summed E-state index contributed by atoms with van der Waals surface area (Å²) in [7, 11) is 2.16. The molecule has 0 spiro atoms. The molecule has 0 aromatic rings. The van der Waals surface area contributed by atoms with Crippen LogP contribution in [0.15, 0.2) is 12.7 Å². The molecule has 3 nitrogen and oxygen atoms in total. The van der Waals surface area contributed by atoms with Crippen LogP contribution in [0.5, 0.6) is 0 Å². The van der Waals surface area contributed by atoms with Gasteiger partial charge in [-0.25, -0.2) is 0 Å². The van der Waals surface area contributed by atoms with Gasteiger partial charge in [-0.05, 0) is 53.7 Å². The predicted octanol–water partition coefficient (Wildman–Crippen LogP) is 2.28. The lowest BCUT2D eigenvalue weighted by Gasteiger charge is -2.47. The standard InChI is InChI=1S/C14H26N2O/c1-7-13(17)16-10-8-9-12(11(16)2)15(6)14(3,4)5/h7,11-12H,1,8-10H2,2-6H3/t11-,12-/m1/s1. The summed E-state index contributed by atoms with van der Waals surface area (Å²) in [5.41, 5.74) is 0.138. The zero-order valence-electron chi connectivity index (χ0n) is 11.9. The normalized spacial score (nSPS) is 26.1. The minimum atomic E-state index is 0.0597. The first-order valence-corrected chi connectivity index (χ1v) is 6.45. The minimum absolute atomic E-state index is 0.0597. The molecular weight excluding hydrogens is 212 g/mol. The largest absolute Gasteiger partial charge is 0.335 e. The third-order valence-corrected chi connectivity index (χ3v) is 3.96. The Morgan fingerprint density at radius 1 is 1.47 bits per heavy atom. The fraction of sp³-hybridized carbons (Fsp3) is 0.786. The van der Waals surface area contributed by atoms with E-state index in [1.807, 2.05) is 4.90 Å². The molecular formula is C14H26N2O. The van der Waals surface area contributed by atoms with Crippen molar-refractivity contribution in [3.05, 3.63) is 12.7 Å². The molecule has 0 saturated carbocycles. The first-order valence-electron chi connectivity index (χ1n) is 6.45. The number of amides is 1. The van der Waals surface area contributed by atoms with Crippen LogP contribution in [0.2, 0.25) is 0 Å². The quantitative estimate of drug-likeness (QED) is 0.689. The summed E-state index contributed by atoms with van der Waals surface area (Å²) in [6.45, 7) is 13.2. The monoisotopic (exact) mass is 238 g/mol. The van der Waals surface area contributed by atoms with Crippen molar-refractivity contribution in [3.8, 4) is 0 Å². The van der Waals surface area contributed by atoms with Crippen LogP contribution in [0.4, 0.5) is 0 Å². The van der Waals surface area contributed by atoms with Gasteiger partial charge in [0.15, 0.2) is 0 Å². The molecule has 0 N–H and O–H groups in total. The molecule has 0 unspecified atom stereocenters. The van der Waals surface area contributed by atoms with Crippen LogP contribution in [-0.4, -0.2) is 46.9 Å². The van der Waals surface area contributed by atoms with Gasteiger partial charge in [-0.3, -0.25) is 9.69 Å². The number of likely N-dealkylation sites (tertiary alicyclic amines) is 1. The molecule has 0 aromatic carbocycles. The Morgan fingerprint density at radius 2 is 2.06 bits per heavy atom. The number of hydrogen-bond donors (Lipinski definition) is 0. The lowest BCUT2D eigenvalue weighted by Crippen LogP contribution is -2.58. The second-order valence-corrected chi connectivity index (χ2v) is 5.97. The van der Waals surface area contributed by atoms with E-state index in [0.717, 1.165) is 19.4 Å². The van der Waals surface area contributed by atoms with E-state index in [2.05, 4.69) is 46.2 Å². The van der Waals surface area contributed by atoms with Gasteiger partial charge >= 0.3 is 0 Å². The summed E-state index contributed by atoms with van der Waals surface area (Å²) < 4.78 is 0. The van der Waals surface area contributed by atoms with Crippen LogP contribution in [-0.2, 0) is 4.79 Å². The SMILES string of the molecule is C=CC(=O)N1CCC[C@@H](N(C)C(C)(C)C)[C@H]1C. The third kappa shape index (κ3) is 3.09. The van der Waals surface area contributed by atoms with Gasteiger partial charge in [-0.1, -0.05) is 6.58 Å². The van der Waals surface area contributed by atoms with Gasteiger partial charge in [-0.15, -0.1) is 0 Å². The van der Waals surface area contributed by atoms with Gasteiger partial charge in [0.2, 0.25) is 5.91 Å². The van der Waals surface area contributed by atoms with Gasteiger partial charge in [-0.2, -0.15) is 0 Å². The topological polar surface area (TPSA) is 23.6 Å². The predicted molar refractivity (Wildman–Crippen MR) is 71.9 cm³/mol. The first-order chi connectivity index (χ1) is 7.79. The Morgan fingerprint density at radius 3 is 2.53 bits per heavy atom. The third-order valence-electron chi connectivity index (χ3n) is 3.96. The van der Waals surface area contributed by atoms with E-state index in [1.54, 1.807) is 0 Å².